The van der Waals surface area contributed by atoms with Gasteiger partial charge in [-0.25, -0.2) is 0 Å². The monoisotopic (exact) mass is 248 g/mol. The minimum atomic E-state index is -4.48. The van der Waals surface area contributed by atoms with E-state index in [4.69, 9.17) is 5.11 Å². The third kappa shape index (κ3) is 3.65. The van der Waals surface area contributed by atoms with Crippen LogP contribution in [0.15, 0.2) is 18.2 Å². The van der Waals surface area contributed by atoms with Crippen LogP contribution in [0.5, 0.6) is 5.75 Å². The molecule has 94 valence electrons. The minimum Gasteiger partial charge on any atom is -0.496 e. The second kappa shape index (κ2) is 5.07. The van der Waals surface area contributed by atoms with Gasteiger partial charge < -0.3 is 9.84 Å². The van der Waals surface area contributed by atoms with Gasteiger partial charge in [0.2, 0.25) is 0 Å². The number of methoxy groups -OCH3 is 1. The third-order valence-electron chi connectivity index (χ3n) is 2.20. The fraction of sp³-hybridized carbons (Fsp3) is 0.364. The number of hydrogen-bond donors (Lipinski definition) is 1. The van der Waals surface area contributed by atoms with Gasteiger partial charge in [0.15, 0.2) is 0 Å². The molecule has 3 nitrogen and oxygen atoms in total. The number of aryl methyl sites for hydroxylation is 1. The molecule has 0 aliphatic rings. The van der Waals surface area contributed by atoms with Crippen LogP contribution in [0.25, 0.3) is 0 Å². The topological polar surface area (TPSA) is 46.5 Å². The van der Waals surface area contributed by atoms with E-state index in [1.807, 2.05) is 0 Å². The Hall–Kier alpha value is -1.72. The molecule has 0 aliphatic carbocycles. The number of rotatable bonds is 4. The largest absolute Gasteiger partial charge is 0.496 e. The van der Waals surface area contributed by atoms with Crippen LogP contribution in [-0.2, 0) is 17.4 Å². The Kier molecular flexibility index (Phi) is 3.98. The van der Waals surface area contributed by atoms with Crippen molar-refractivity contribution in [2.75, 3.05) is 7.11 Å². The predicted molar refractivity (Wildman–Crippen MR) is 54.0 cm³/mol. The van der Waals surface area contributed by atoms with Crippen molar-refractivity contribution in [1.82, 2.24) is 0 Å². The van der Waals surface area contributed by atoms with E-state index in [2.05, 4.69) is 4.74 Å². The van der Waals surface area contributed by atoms with Crippen molar-refractivity contribution in [3.05, 3.63) is 29.3 Å². The lowest BCUT2D eigenvalue weighted by molar-refractivity contribution is -0.139. The predicted octanol–water partition coefficient (Wildman–Crippen LogP) is 2.73. The average molecular weight is 248 g/mol. The van der Waals surface area contributed by atoms with Crippen LogP contribution in [0.4, 0.5) is 13.2 Å². The number of alkyl halides is 3. The lowest BCUT2D eigenvalue weighted by atomic mass is 10.1. The van der Waals surface area contributed by atoms with E-state index in [1.54, 1.807) is 0 Å². The molecule has 0 heterocycles. The van der Waals surface area contributed by atoms with Gasteiger partial charge in [-0.15, -0.1) is 0 Å². The summed E-state index contributed by atoms with van der Waals surface area (Å²) in [5, 5.41) is 8.47. The van der Waals surface area contributed by atoms with Crippen molar-refractivity contribution >= 4 is 5.97 Å². The molecule has 1 aromatic carbocycles. The van der Waals surface area contributed by atoms with E-state index in [1.165, 1.54) is 12.1 Å². The maximum absolute atomic E-state index is 12.5. The van der Waals surface area contributed by atoms with E-state index in [0.29, 0.717) is 5.56 Å². The van der Waals surface area contributed by atoms with Gasteiger partial charge >= 0.3 is 12.1 Å². The summed E-state index contributed by atoms with van der Waals surface area (Å²) in [6.07, 6.45) is -4.44. The van der Waals surface area contributed by atoms with Crippen LogP contribution >= 0.6 is 0 Å². The van der Waals surface area contributed by atoms with Gasteiger partial charge in [0.1, 0.15) is 5.75 Å². The van der Waals surface area contributed by atoms with Gasteiger partial charge in [-0.3, -0.25) is 4.79 Å². The van der Waals surface area contributed by atoms with Crippen LogP contribution in [0, 0.1) is 0 Å². The van der Waals surface area contributed by atoms with Crippen LogP contribution in [-0.4, -0.2) is 18.2 Å². The number of carboxylic acids is 1. The van der Waals surface area contributed by atoms with E-state index >= 15 is 0 Å². The molecular formula is C11H11F3O3. The van der Waals surface area contributed by atoms with E-state index in [9.17, 15) is 18.0 Å². The summed E-state index contributed by atoms with van der Waals surface area (Å²) >= 11 is 0. The summed E-state index contributed by atoms with van der Waals surface area (Å²) in [5.41, 5.74) is -0.365. The summed E-state index contributed by atoms with van der Waals surface area (Å²) < 4.78 is 42.2. The van der Waals surface area contributed by atoms with E-state index in [0.717, 1.165) is 13.2 Å². The van der Waals surface area contributed by atoms with Gasteiger partial charge in [-0.05, 0) is 24.1 Å². The quantitative estimate of drug-likeness (QED) is 0.891. The molecule has 0 bridgehead atoms. The molecule has 0 aromatic heterocycles. The second-order valence-corrected chi connectivity index (χ2v) is 3.43. The van der Waals surface area contributed by atoms with Crippen molar-refractivity contribution in [2.45, 2.75) is 19.0 Å². The molecule has 1 rings (SSSR count). The van der Waals surface area contributed by atoms with Gasteiger partial charge in [-0.2, -0.15) is 13.2 Å². The summed E-state index contributed by atoms with van der Waals surface area (Å²) in [6.45, 7) is 0. The Morgan fingerprint density at radius 1 is 1.41 bits per heavy atom. The molecule has 0 spiro atoms. The van der Waals surface area contributed by atoms with Gasteiger partial charge in [0, 0.05) is 6.42 Å². The number of carboxylic acid groups (broad SMARTS) is 1. The van der Waals surface area contributed by atoms with Crippen LogP contribution in [0.2, 0.25) is 0 Å². The molecule has 0 fully saturated rings. The Morgan fingerprint density at radius 2 is 2.06 bits per heavy atom. The molecule has 0 aliphatic heterocycles. The number of benzene rings is 1. The lowest BCUT2D eigenvalue weighted by Gasteiger charge is -2.12. The highest BCUT2D eigenvalue weighted by molar-refractivity contribution is 5.67. The molecule has 1 aromatic rings. The van der Waals surface area contributed by atoms with Gasteiger partial charge in [-0.1, -0.05) is 6.07 Å². The first-order valence-electron chi connectivity index (χ1n) is 4.80. The first-order chi connectivity index (χ1) is 7.84. The lowest BCUT2D eigenvalue weighted by Crippen LogP contribution is -2.08. The minimum absolute atomic E-state index is 0.130. The fourth-order valence-corrected chi connectivity index (χ4v) is 1.38. The summed E-state index contributed by atoms with van der Waals surface area (Å²) in [5.74, 6) is -1.29. The Bertz CT molecular complexity index is 413. The van der Waals surface area contributed by atoms with Crippen molar-refractivity contribution < 1.29 is 27.8 Å². The number of aliphatic carboxylic acids is 1. The Labute approximate surface area is 95.8 Å². The summed E-state index contributed by atoms with van der Waals surface area (Å²) in [7, 11) is 1.14. The third-order valence-corrected chi connectivity index (χ3v) is 2.20. The molecule has 0 amide bonds. The molecule has 17 heavy (non-hydrogen) atoms. The number of hydrogen-bond acceptors (Lipinski definition) is 2. The molecule has 0 saturated heterocycles. The van der Waals surface area contributed by atoms with Crippen LogP contribution in [0.1, 0.15) is 17.5 Å². The van der Waals surface area contributed by atoms with Crippen molar-refractivity contribution in [2.24, 2.45) is 0 Å². The molecule has 0 atom stereocenters. The highest BCUT2D eigenvalue weighted by atomic mass is 19.4. The second-order valence-electron chi connectivity index (χ2n) is 3.43. The molecule has 6 heteroatoms. The Balaban J connectivity index is 2.96. The van der Waals surface area contributed by atoms with Crippen LogP contribution < -0.4 is 4.74 Å². The van der Waals surface area contributed by atoms with Gasteiger partial charge in [0.25, 0.3) is 0 Å². The molecule has 1 N–H and O–H groups in total. The molecular weight excluding hydrogens is 237 g/mol. The standard InChI is InChI=1S/C11H11F3O3/c1-17-9-6-7(3-5-10(15)16)2-4-8(9)11(12,13)14/h2,4,6H,3,5H2,1H3,(H,15,16). The highest BCUT2D eigenvalue weighted by Crippen LogP contribution is 2.36. The molecule has 0 radical (unpaired) electrons. The highest BCUT2D eigenvalue weighted by Gasteiger charge is 2.34. The maximum atomic E-state index is 12.5. The number of halogens is 3. The first-order valence-corrected chi connectivity index (χ1v) is 4.80. The number of ether oxygens (including phenoxy) is 1. The van der Waals surface area contributed by atoms with Crippen molar-refractivity contribution in [1.29, 1.82) is 0 Å². The molecule has 0 unspecified atom stereocenters. The van der Waals surface area contributed by atoms with Crippen molar-refractivity contribution in [3.8, 4) is 5.75 Å². The smallest absolute Gasteiger partial charge is 0.419 e. The zero-order valence-electron chi connectivity index (χ0n) is 9.04. The maximum Gasteiger partial charge on any atom is 0.419 e. The summed E-state index contributed by atoms with van der Waals surface area (Å²) in [6, 6.07) is 3.37. The molecule has 0 saturated carbocycles. The zero-order valence-corrected chi connectivity index (χ0v) is 9.04. The van der Waals surface area contributed by atoms with E-state index in [-0.39, 0.29) is 18.6 Å². The van der Waals surface area contributed by atoms with Crippen molar-refractivity contribution in [3.63, 3.8) is 0 Å². The Morgan fingerprint density at radius 3 is 2.53 bits per heavy atom. The zero-order chi connectivity index (χ0) is 13.1. The fourth-order valence-electron chi connectivity index (χ4n) is 1.38. The normalized spacial score (nSPS) is 11.3. The SMILES string of the molecule is COc1cc(CCC(=O)O)ccc1C(F)(F)F. The van der Waals surface area contributed by atoms with Crippen LogP contribution in [0.3, 0.4) is 0 Å². The number of carbonyl (C=O) groups is 1. The summed E-state index contributed by atoms with van der Waals surface area (Å²) in [4.78, 5) is 10.3. The average Bonchev–Trinajstić information content (AvgIpc) is 2.24. The van der Waals surface area contributed by atoms with E-state index < -0.39 is 17.7 Å². The van der Waals surface area contributed by atoms with Gasteiger partial charge in [0.05, 0.1) is 12.7 Å². The first kappa shape index (κ1) is 13.3.